The number of carboxylic acid groups (broad SMARTS) is 1. The van der Waals surface area contributed by atoms with Gasteiger partial charge >= 0.3 is 5.97 Å². The van der Waals surface area contributed by atoms with Crippen LogP contribution in [-0.2, 0) is 4.79 Å². The lowest BCUT2D eigenvalue weighted by molar-refractivity contribution is -0.133. The lowest BCUT2D eigenvalue weighted by Gasteiger charge is -2.03. The second kappa shape index (κ2) is 4.77. The summed E-state index contributed by atoms with van der Waals surface area (Å²) in [6.07, 6.45) is 1.31. The second-order valence-corrected chi connectivity index (χ2v) is 4.58. The zero-order valence-corrected chi connectivity index (χ0v) is 10.0. The number of aliphatic carboxylic acids is 1. The fourth-order valence-electron chi connectivity index (χ4n) is 1.29. The van der Waals surface area contributed by atoms with Crippen molar-refractivity contribution in [3.63, 3.8) is 0 Å². The molecule has 2 aromatic rings. The first-order valence-electron chi connectivity index (χ1n) is 4.60. The molecule has 0 atom stereocenters. The molecule has 0 aliphatic heterocycles. The van der Waals surface area contributed by atoms with Crippen LogP contribution in [0, 0.1) is 0 Å². The van der Waals surface area contributed by atoms with Gasteiger partial charge in [-0.1, -0.05) is 11.6 Å². The fourth-order valence-corrected chi connectivity index (χ4v) is 2.05. The third kappa shape index (κ3) is 2.59. The number of rotatable bonds is 3. The van der Waals surface area contributed by atoms with Crippen LogP contribution in [0.5, 0.6) is 0 Å². The standard InChI is InChI=1S/C10H7ClN2O3S/c11-6-1-2-8-7(3-6)10(16)13(5-12-8)17-4-9(14)15/h1-3,5H,4H2,(H,14,15). The van der Waals surface area contributed by atoms with Gasteiger partial charge in [0.05, 0.1) is 10.9 Å². The van der Waals surface area contributed by atoms with Gasteiger partial charge in [0, 0.05) is 5.02 Å². The van der Waals surface area contributed by atoms with Crippen LogP contribution in [-0.4, -0.2) is 25.8 Å². The van der Waals surface area contributed by atoms with E-state index in [0.29, 0.717) is 15.9 Å². The SMILES string of the molecule is O=C(O)CSn1cnc2ccc(Cl)cc2c1=O. The lowest BCUT2D eigenvalue weighted by atomic mass is 10.2. The molecule has 0 unspecified atom stereocenters. The highest BCUT2D eigenvalue weighted by Gasteiger charge is 2.06. The first kappa shape index (κ1) is 11.9. The summed E-state index contributed by atoms with van der Waals surface area (Å²) in [6.45, 7) is 0. The summed E-state index contributed by atoms with van der Waals surface area (Å²) in [6, 6.07) is 4.81. The van der Waals surface area contributed by atoms with E-state index in [1.54, 1.807) is 12.1 Å². The minimum absolute atomic E-state index is 0.201. The molecule has 1 N–H and O–H groups in total. The van der Waals surface area contributed by atoms with Crippen molar-refractivity contribution in [2.45, 2.75) is 0 Å². The van der Waals surface area contributed by atoms with E-state index in [1.165, 1.54) is 16.4 Å². The van der Waals surface area contributed by atoms with Gasteiger partial charge in [-0.3, -0.25) is 9.59 Å². The maximum Gasteiger partial charge on any atom is 0.315 e. The van der Waals surface area contributed by atoms with Crippen molar-refractivity contribution in [3.05, 3.63) is 39.9 Å². The fraction of sp³-hybridized carbons (Fsp3) is 0.100. The number of fused-ring (bicyclic) bond motifs is 1. The van der Waals surface area contributed by atoms with Crippen LogP contribution in [0.3, 0.4) is 0 Å². The van der Waals surface area contributed by atoms with Gasteiger partial charge in [0.25, 0.3) is 5.56 Å². The number of benzene rings is 1. The van der Waals surface area contributed by atoms with Crippen LogP contribution in [0.1, 0.15) is 0 Å². The molecule has 0 amide bonds. The van der Waals surface area contributed by atoms with E-state index in [2.05, 4.69) is 4.98 Å². The predicted molar refractivity (Wildman–Crippen MR) is 66.5 cm³/mol. The Hall–Kier alpha value is -1.53. The average molecular weight is 271 g/mol. The molecular weight excluding hydrogens is 264 g/mol. The molecule has 1 aromatic carbocycles. The normalized spacial score (nSPS) is 10.6. The zero-order valence-electron chi connectivity index (χ0n) is 8.46. The monoisotopic (exact) mass is 270 g/mol. The molecule has 17 heavy (non-hydrogen) atoms. The van der Waals surface area contributed by atoms with E-state index in [1.807, 2.05) is 0 Å². The summed E-state index contributed by atoms with van der Waals surface area (Å²) in [4.78, 5) is 26.4. The van der Waals surface area contributed by atoms with Crippen LogP contribution >= 0.6 is 23.5 Å². The van der Waals surface area contributed by atoms with Crippen molar-refractivity contribution in [1.82, 2.24) is 8.96 Å². The number of aromatic nitrogens is 2. The zero-order chi connectivity index (χ0) is 12.4. The molecule has 0 aliphatic carbocycles. The van der Waals surface area contributed by atoms with Crippen molar-refractivity contribution in [3.8, 4) is 0 Å². The number of hydrogen-bond donors (Lipinski definition) is 1. The molecule has 0 aliphatic rings. The Bertz CT molecular complexity index is 641. The number of hydrogen-bond acceptors (Lipinski definition) is 4. The van der Waals surface area contributed by atoms with Crippen LogP contribution in [0.15, 0.2) is 29.3 Å². The highest BCUT2D eigenvalue weighted by atomic mass is 35.5. The topological polar surface area (TPSA) is 72.2 Å². The Morgan fingerprint density at radius 2 is 2.29 bits per heavy atom. The maximum atomic E-state index is 11.9. The van der Waals surface area contributed by atoms with E-state index in [0.717, 1.165) is 11.9 Å². The average Bonchev–Trinajstić information content (AvgIpc) is 2.29. The predicted octanol–water partition coefficient (Wildman–Crippen LogP) is 1.63. The molecule has 2 rings (SSSR count). The molecule has 0 saturated heterocycles. The summed E-state index contributed by atoms with van der Waals surface area (Å²) >= 11 is 6.67. The van der Waals surface area contributed by atoms with Crippen molar-refractivity contribution in [1.29, 1.82) is 0 Å². The maximum absolute atomic E-state index is 11.9. The molecule has 0 spiro atoms. The van der Waals surface area contributed by atoms with E-state index < -0.39 is 5.97 Å². The smallest absolute Gasteiger partial charge is 0.315 e. The largest absolute Gasteiger partial charge is 0.481 e. The molecule has 0 bridgehead atoms. The lowest BCUT2D eigenvalue weighted by Crippen LogP contribution is -2.17. The number of nitrogens with zero attached hydrogens (tertiary/aromatic N) is 2. The Morgan fingerprint density at radius 3 is 3.00 bits per heavy atom. The second-order valence-electron chi connectivity index (χ2n) is 3.20. The molecular formula is C10H7ClN2O3S. The summed E-state index contributed by atoms with van der Waals surface area (Å²) in [5, 5.41) is 9.36. The Labute approximate surface area is 105 Å². The van der Waals surface area contributed by atoms with E-state index >= 15 is 0 Å². The highest BCUT2D eigenvalue weighted by Crippen LogP contribution is 2.15. The summed E-state index contributed by atoms with van der Waals surface area (Å²) in [5.41, 5.74) is 0.218. The molecule has 88 valence electrons. The van der Waals surface area contributed by atoms with E-state index in [9.17, 15) is 9.59 Å². The molecule has 0 radical (unpaired) electrons. The third-order valence-corrected chi connectivity index (χ3v) is 3.17. The Morgan fingerprint density at radius 1 is 1.53 bits per heavy atom. The quantitative estimate of drug-likeness (QED) is 0.918. The highest BCUT2D eigenvalue weighted by molar-refractivity contribution is 7.98. The van der Waals surface area contributed by atoms with Gasteiger partial charge in [0.1, 0.15) is 12.1 Å². The molecule has 0 saturated carbocycles. The van der Waals surface area contributed by atoms with Crippen molar-refractivity contribution < 1.29 is 9.90 Å². The van der Waals surface area contributed by atoms with Crippen molar-refractivity contribution >= 4 is 40.4 Å². The van der Waals surface area contributed by atoms with Crippen molar-refractivity contribution in [2.24, 2.45) is 0 Å². The summed E-state index contributed by atoms with van der Waals surface area (Å²) in [7, 11) is 0. The van der Waals surface area contributed by atoms with Gasteiger partial charge < -0.3 is 5.11 Å². The number of carbonyl (C=O) groups is 1. The van der Waals surface area contributed by atoms with Gasteiger partial charge in [0.2, 0.25) is 0 Å². The molecule has 5 nitrogen and oxygen atoms in total. The van der Waals surface area contributed by atoms with Gasteiger partial charge in [-0.25, -0.2) is 8.96 Å². The first-order valence-corrected chi connectivity index (χ1v) is 5.92. The molecule has 0 fully saturated rings. The van der Waals surface area contributed by atoms with Crippen LogP contribution in [0.4, 0.5) is 0 Å². The van der Waals surface area contributed by atoms with Crippen molar-refractivity contribution in [2.75, 3.05) is 5.75 Å². The van der Waals surface area contributed by atoms with Gasteiger partial charge in [0.15, 0.2) is 0 Å². The van der Waals surface area contributed by atoms with Crippen LogP contribution in [0.25, 0.3) is 10.9 Å². The number of halogens is 1. The Balaban J connectivity index is 2.49. The van der Waals surface area contributed by atoms with Gasteiger partial charge in [-0.2, -0.15) is 0 Å². The minimum Gasteiger partial charge on any atom is -0.481 e. The van der Waals surface area contributed by atoms with E-state index in [4.69, 9.17) is 16.7 Å². The molecule has 1 heterocycles. The van der Waals surface area contributed by atoms with Crippen LogP contribution in [0.2, 0.25) is 5.02 Å². The number of carboxylic acids is 1. The van der Waals surface area contributed by atoms with Gasteiger partial charge in [-0.15, -0.1) is 0 Å². The summed E-state index contributed by atoms with van der Waals surface area (Å²) in [5.74, 6) is -1.19. The summed E-state index contributed by atoms with van der Waals surface area (Å²) < 4.78 is 1.19. The minimum atomic E-state index is -0.993. The van der Waals surface area contributed by atoms with Crippen LogP contribution < -0.4 is 5.56 Å². The Kier molecular flexibility index (Phi) is 3.35. The molecule has 1 aromatic heterocycles. The third-order valence-electron chi connectivity index (χ3n) is 2.02. The molecule has 7 heteroatoms. The first-order chi connectivity index (χ1) is 8.08. The van der Waals surface area contributed by atoms with Gasteiger partial charge in [-0.05, 0) is 30.1 Å². The van der Waals surface area contributed by atoms with E-state index in [-0.39, 0.29) is 11.3 Å².